The molecule has 1 heterocycles. The average molecular weight is 445 g/mol. The topological polar surface area (TPSA) is 51.8 Å². The van der Waals surface area contributed by atoms with Gasteiger partial charge in [0.15, 0.2) is 0 Å². The molecule has 5 nitrogen and oxygen atoms in total. The van der Waals surface area contributed by atoms with Gasteiger partial charge in [-0.3, -0.25) is 0 Å². The van der Waals surface area contributed by atoms with Crippen LogP contribution >= 0.6 is 12.4 Å². The third-order valence-electron chi connectivity index (χ3n) is 5.60. The van der Waals surface area contributed by atoms with E-state index in [1.165, 1.54) is 18.4 Å². The van der Waals surface area contributed by atoms with Crippen molar-refractivity contribution >= 4 is 27.0 Å². The fourth-order valence-corrected chi connectivity index (χ4v) is 7.86. The molecule has 0 bridgehead atoms. The summed E-state index contributed by atoms with van der Waals surface area (Å²) in [6, 6.07) is 11.1. The van der Waals surface area contributed by atoms with Gasteiger partial charge in [-0.15, -0.1) is 12.4 Å². The Morgan fingerprint density at radius 1 is 1.07 bits per heavy atom. The van der Waals surface area contributed by atoms with E-state index in [0.717, 1.165) is 44.9 Å². The largest absolute Gasteiger partial charge is 0.396 e. The molecule has 2 rings (SSSR count). The molecule has 0 saturated carbocycles. The summed E-state index contributed by atoms with van der Waals surface area (Å²) in [6.07, 6.45) is 7.42. The normalized spacial score (nSPS) is 20.1. The monoisotopic (exact) mass is 444 g/mol. The van der Waals surface area contributed by atoms with Crippen molar-refractivity contribution in [3.05, 3.63) is 42.5 Å². The van der Waals surface area contributed by atoms with Gasteiger partial charge in [-0.05, 0) is 44.5 Å². The summed E-state index contributed by atoms with van der Waals surface area (Å²) < 4.78 is 17.8. The molecule has 168 valence electrons. The molecule has 0 amide bonds. The van der Waals surface area contributed by atoms with Crippen molar-refractivity contribution < 1.29 is 13.6 Å². The van der Waals surface area contributed by atoms with Crippen molar-refractivity contribution in [2.75, 3.05) is 48.0 Å². The molecule has 1 aliphatic rings. The van der Waals surface area contributed by atoms with Crippen molar-refractivity contribution in [2.45, 2.75) is 43.4 Å². The number of halogens is 1. The van der Waals surface area contributed by atoms with E-state index in [9.17, 15) is 0 Å². The fourth-order valence-electron chi connectivity index (χ4n) is 3.95. The van der Waals surface area contributed by atoms with Gasteiger partial charge in [-0.1, -0.05) is 55.8 Å². The maximum atomic E-state index is 5.98. The average Bonchev–Trinajstić information content (AvgIpc) is 2.77. The second kappa shape index (κ2) is 16.0. The molecular formula is C22H41ClN2O3Si. The lowest BCUT2D eigenvalue weighted by Crippen LogP contribution is -2.64. The summed E-state index contributed by atoms with van der Waals surface area (Å²) in [7, 11) is 5.13. The van der Waals surface area contributed by atoms with E-state index >= 15 is 0 Å². The van der Waals surface area contributed by atoms with Crippen LogP contribution in [-0.2, 0) is 13.6 Å². The minimum Gasteiger partial charge on any atom is -0.396 e. The van der Waals surface area contributed by atoms with Gasteiger partial charge < -0.3 is 24.2 Å². The molecule has 7 heteroatoms. The Kier molecular flexibility index (Phi) is 15.6. The zero-order valence-corrected chi connectivity index (χ0v) is 20.5. The third-order valence-corrected chi connectivity index (χ3v) is 10.0. The highest BCUT2D eigenvalue weighted by Crippen LogP contribution is 2.42. The Hall–Kier alpha value is -0.733. The van der Waals surface area contributed by atoms with Gasteiger partial charge in [0.25, 0.3) is 0 Å². The number of nitrogens with one attached hydrogen (secondary N) is 2. The predicted octanol–water partition coefficient (Wildman–Crippen LogP) is 4.17. The van der Waals surface area contributed by atoms with Crippen molar-refractivity contribution in [1.29, 1.82) is 0 Å². The maximum absolute atomic E-state index is 5.98. The van der Waals surface area contributed by atoms with Gasteiger partial charge in [-0.2, -0.15) is 0 Å². The van der Waals surface area contributed by atoms with Crippen molar-refractivity contribution in [3.8, 4) is 0 Å². The Balaban J connectivity index is 0.000000729. The van der Waals surface area contributed by atoms with Gasteiger partial charge in [0, 0.05) is 34.4 Å². The summed E-state index contributed by atoms with van der Waals surface area (Å²) in [5.74, 6) is 0. The second-order valence-corrected chi connectivity index (χ2v) is 10.9. The first kappa shape index (κ1) is 28.3. The molecule has 0 spiro atoms. The maximum Gasteiger partial charge on any atom is 0.370 e. The lowest BCUT2D eigenvalue weighted by Gasteiger charge is -2.48. The lowest BCUT2D eigenvalue weighted by molar-refractivity contribution is -0.0156. The minimum absolute atomic E-state index is 0. The first-order valence-corrected chi connectivity index (χ1v) is 12.3. The van der Waals surface area contributed by atoms with E-state index in [1.54, 1.807) is 14.2 Å². The van der Waals surface area contributed by atoms with Crippen LogP contribution in [0.1, 0.15) is 37.7 Å². The van der Waals surface area contributed by atoms with Crippen LogP contribution in [-0.4, -0.2) is 61.8 Å². The first-order valence-electron chi connectivity index (χ1n) is 10.3. The lowest BCUT2D eigenvalue weighted by atomic mass is 10.1. The Bertz CT molecular complexity index is 532. The molecular weight excluding hydrogens is 404 g/mol. The summed E-state index contributed by atoms with van der Waals surface area (Å²) in [6.45, 7) is 6.66. The molecule has 0 aliphatic carbocycles. The van der Waals surface area contributed by atoms with Crippen LogP contribution in [0.5, 0.6) is 0 Å². The van der Waals surface area contributed by atoms with Crippen molar-refractivity contribution in [2.24, 2.45) is 0 Å². The van der Waals surface area contributed by atoms with Crippen LogP contribution in [0.15, 0.2) is 36.9 Å². The standard InChI is InChI=1S/C14H32N2O3Si.C8H8.ClH/c1-15-11-12-16-10-7-9-14(17-2)8-5-6-13-20(14,18-3)19-4;1-2-8-6-4-3-5-7-8;/h15-16H,5-13H2,1-4H3;2-7H,1H2;1H. The van der Waals surface area contributed by atoms with Crippen LogP contribution in [0.3, 0.4) is 0 Å². The number of hydrogen-bond donors (Lipinski definition) is 2. The summed E-state index contributed by atoms with van der Waals surface area (Å²) in [4.78, 5) is 0. The molecule has 1 saturated heterocycles. The number of hydrogen-bond acceptors (Lipinski definition) is 5. The van der Waals surface area contributed by atoms with Gasteiger partial charge in [0.05, 0.1) is 0 Å². The summed E-state index contributed by atoms with van der Waals surface area (Å²) in [5.41, 5.74) is 1.17. The molecule has 0 radical (unpaired) electrons. The highest BCUT2D eigenvalue weighted by atomic mass is 35.5. The molecule has 1 atom stereocenters. The van der Waals surface area contributed by atoms with Gasteiger partial charge in [0.2, 0.25) is 0 Å². The van der Waals surface area contributed by atoms with Crippen LogP contribution in [0, 0.1) is 0 Å². The SMILES string of the molecule is C=Cc1ccccc1.CNCCNCCCC1(OC)CCCC[Si]1(OC)OC.Cl. The zero-order chi connectivity index (χ0) is 20.7. The second-order valence-electron chi connectivity index (χ2n) is 7.14. The molecule has 0 aromatic heterocycles. The highest BCUT2D eigenvalue weighted by Gasteiger charge is 2.58. The number of methoxy groups -OCH3 is 1. The van der Waals surface area contributed by atoms with E-state index in [4.69, 9.17) is 13.6 Å². The van der Waals surface area contributed by atoms with E-state index < -0.39 is 8.56 Å². The van der Waals surface area contributed by atoms with Gasteiger partial charge in [0.1, 0.15) is 5.22 Å². The zero-order valence-electron chi connectivity index (χ0n) is 18.7. The number of benzene rings is 1. The summed E-state index contributed by atoms with van der Waals surface area (Å²) in [5, 5.41) is 6.40. The molecule has 1 fully saturated rings. The van der Waals surface area contributed by atoms with E-state index in [2.05, 4.69) is 17.2 Å². The van der Waals surface area contributed by atoms with E-state index in [1.807, 2.05) is 50.6 Å². The minimum atomic E-state index is -2.25. The quantitative estimate of drug-likeness (QED) is 0.396. The molecule has 2 N–H and O–H groups in total. The van der Waals surface area contributed by atoms with Crippen LogP contribution < -0.4 is 10.6 Å². The molecule has 29 heavy (non-hydrogen) atoms. The Labute approximate surface area is 185 Å². The summed E-state index contributed by atoms with van der Waals surface area (Å²) >= 11 is 0. The predicted molar refractivity (Wildman–Crippen MR) is 128 cm³/mol. The molecule has 1 unspecified atom stereocenters. The highest BCUT2D eigenvalue weighted by molar-refractivity contribution is 6.70. The van der Waals surface area contributed by atoms with E-state index in [-0.39, 0.29) is 17.6 Å². The molecule has 1 aromatic carbocycles. The fraction of sp³-hybridized carbons (Fsp3) is 0.636. The van der Waals surface area contributed by atoms with Gasteiger partial charge >= 0.3 is 8.56 Å². The molecule has 1 aromatic rings. The molecule has 1 aliphatic heterocycles. The van der Waals surface area contributed by atoms with Crippen LogP contribution in [0.4, 0.5) is 0 Å². The van der Waals surface area contributed by atoms with Gasteiger partial charge in [-0.25, -0.2) is 0 Å². The van der Waals surface area contributed by atoms with Crippen LogP contribution in [0.2, 0.25) is 6.04 Å². The first-order chi connectivity index (χ1) is 13.6. The Morgan fingerprint density at radius 3 is 2.28 bits per heavy atom. The number of rotatable bonds is 11. The van der Waals surface area contributed by atoms with E-state index in [0.29, 0.717) is 0 Å². The van der Waals surface area contributed by atoms with Crippen molar-refractivity contribution in [1.82, 2.24) is 10.6 Å². The van der Waals surface area contributed by atoms with Crippen molar-refractivity contribution in [3.63, 3.8) is 0 Å². The Morgan fingerprint density at radius 2 is 1.76 bits per heavy atom. The number of likely N-dealkylation sites (N-methyl/N-ethyl adjacent to an activating group) is 1. The number of ether oxygens (including phenoxy) is 1. The smallest absolute Gasteiger partial charge is 0.370 e. The van der Waals surface area contributed by atoms with Crippen LogP contribution in [0.25, 0.3) is 6.08 Å². The third kappa shape index (κ3) is 8.50.